The van der Waals surface area contributed by atoms with Crippen LogP contribution < -0.4 is 4.72 Å². The standard InChI is InChI=1S/C16H15NO3S2/c18-22(19,12-13-5-2-1-3-6-13)17-10-15-9-14(11-21-15)16-7-4-8-20-16/h1-9,11,17H,10,12H2. The first-order valence-corrected chi connectivity index (χ1v) is 9.28. The number of benzene rings is 1. The predicted molar refractivity (Wildman–Crippen MR) is 87.9 cm³/mol. The molecule has 0 unspecified atom stereocenters. The molecule has 0 fully saturated rings. The second kappa shape index (κ2) is 6.48. The van der Waals surface area contributed by atoms with Gasteiger partial charge in [0, 0.05) is 22.4 Å². The van der Waals surface area contributed by atoms with Crippen molar-refractivity contribution in [3.8, 4) is 11.3 Å². The predicted octanol–water partition coefficient (Wildman–Crippen LogP) is 3.63. The first kappa shape index (κ1) is 15.0. The summed E-state index contributed by atoms with van der Waals surface area (Å²) in [4.78, 5) is 0.947. The Morgan fingerprint density at radius 1 is 1.09 bits per heavy atom. The van der Waals surface area contributed by atoms with Crippen molar-refractivity contribution in [2.24, 2.45) is 0 Å². The van der Waals surface area contributed by atoms with Gasteiger partial charge in [0.25, 0.3) is 0 Å². The van der Waals surface area contributed by atoms with Gasteiger partial charge in [-0.2, -0.15) is 0 Å². The minimum absolute atomic E-state index is 0.00967. The minimum Gasteiger partial charge on any atom is -0.464 e. The second-order valence-corrected chi connectivity index (χ2v) is 7.65. The third kappa shape index (κ3) is 3.85. The van der Waals surface area contributed by atoms with Crippen LogP contribution in [-0.4, -0.2) is 8.42 Å². The van der Waals surface area contributed by atoms with Crippen LogP contribution in [0.2, 0.25) is 0 Å². The number of rotatable bonds is 6. The number of furan rings is 1. The fourth-order valence-electron chi connectivity index (χ4n) is 2.07. The molecule has 1 N–H and O–H groups in total. The highest BCUT2D eigenvalue weighted by molar-refractivity contribution is 7.88. The van der Waals surface area contributed by atoms with Gasteiger partial charge in [0.1, 0.15) is 5.76 Å². The van der Waals surface area contributed by atoms with Gasteiger partial charge in [-0.15, -0.1) is 11.3 Å². The van der Waals surface area contributed by atoms with E-state index in [1.165, 1.54) is 11.3 Å². The van der Waals surface area contributed by atoms with Crippen LogP contribution in [0, 0.1) is 0 Å². The monoisotopic (exact) mass is 333 g/mol. The van der Waals surface area contributed by atoms with E-state index in [1.54, 1.807) is 18.4 Å². The lowest BCUT2D eigenvalue weighted by atomic mass is 10.2. The molecule has 0 saturated heterocycles. The molecule has 0 amide bonds. The number of thiophene rings is 1. The van der Waals surface area contributed by atoms with E-state index in [2.05, 4.69) is 4.72 Å². The molecule has 6 heteroatoms. The highest BCUT2D eigenvalue weighted by Gasteiger charge is 2.12. The van der Waals surface area contributed by atoms with E-state index < -0.39 is 10.0 Å². The molecule has 3 aromatic rings. The van der Waals surface area contributed by atoms with Gasteiger partial charge in [0.15, 0.2) is 0 Å². The molecule has 0 aliphatic carbocycles. The van der Waals surface area contributed by atoms with Crippen molar-refractivity contribution >= 4 is 21.4 Å². The summed E-state index contributed by atoms with van der Waals surface area (Å²) in [5, 5.41) is 1.96. The Balaban J connectivity index is 1.62. The number of hydrogen-bond donors (Lipinski definition) is 1. The molecule has 0 atom stereocenters. The first-order chi connectivity index (χ1) is 10.6. The molecule has 114 valence electrons. The SMILES string of the molecule is O=S(=O)(Cc1ccccc1)NCc1cc(-c2ccco2)cs1. The van der Waals surface area contributed by atoms with Gasteiger partial charge in [0.05, 0.1) is 12.0 Å². The zero-order chi connectivity index (χ0) is 15.4. The van der Waals surface area contributed by atoms with Gasteiger partial charge >= 0.3 is 0 Å². The first-order valence-electron chi connectivity index (χ1n) is 6.75. The van der Waals surface area contributed by atoms with Crippen LogP contribution >= 0.6 is 11.3 Å². The molecular formula is C16H15NO3S2. The summed E-state index contributed by atoms with van der Waals surface area (Å²) in [6, 6.07) is 14.8. The van der Waals surface area contributed by atoms with E-state index in [9.17, 15) is 8.42 Å². The molecule has 22 heavy (non-hydrogen) atoms. The van der Waals surface area contributed by atoms with Crippen molar-refractivity contribution in [1.29, 1.82) is 0 Å². The molecule has 0 spiro atoms. The Labute approximate surface area is 133 Å². The summed E-state index contributed by atoms with van der Waals surface area (Å²) in [6.45, 7) is 0.292. The van der Waals surface area contributed by atoms with Crippen molar-refractivity contribution < 1.29 is 12.8 Å². The second-order valence-electron chi connectivity index (χ2n) is 4.84. The Bertz CT molecular complexity index is 821. The Hall–Kier alpha value is -1.89. The summed E-state index contributed by atoms with van der Waals surface area (Å²) >= 11 is 1.51. The molecule has 0 saturated carbocycles. The third-order valence-electron chi connectivity index (χ3n) is 3.13. The van der Waals surface area contributed by atoms with E-state index in [0.29, 0.717) is 6.54 Å². The van der Waals surface area contributed by atoms with Crippen LogP contribution in [0.15, 0.2) is 64.6 Å². The molecule has 2 heterocycles. The van der Waals surface area contributed by atoms with Crippen molar-refractivity contribution in [3.05, 3.63) is 70.6 Å². The minimum atomic E-state index is -3.34. The van der Waals surface area contributed by atoms with Crippen LogP contribution in [0.4, 0.5) is 0 Å². The maximum Gasteiger partial charge on any atom is 0.216 e. The lowest BCUT2D eigenvalue weighted by Crippen LogP contribution is -2.24. The number of sulfonamides is 1. The van der Waals surface area contributed by atoms with Crippen LogP contribution in [-0.2, 0) is 22.3 Å². The summed E-state index contributed by atoms with van der Waals surface area (Å²) in [5.74, 6) is 0.777. The molecule has 1 aromatic carbocycles. The van der Waals surface area contributed by atoms with Crippen molar-refractivity contribution in [3.63, 3.8) is 0 Å². The maximum atomic E-state index is 12.1. The van der Waals surface area contributed by atoms with Gasteiger partial charge < -0.3 is 4.42 Å². The van der Waals surface area contributed by atoms with Crippen LogP contribution in [0.25, 0.3) is 11.3 Å². The largest absolute Gasteiger partial charge is 0.464 e. The quantitative estimate of drug-likeness (QED) is 0.749. The average molecular weight is 333 g/mol. The third-order valence-corrected chi connectivity index (χ3v) is 5.36. The van der Waals surface area contributed by atoms with Crippen molar-refractivity contribution in [2.45, 2.75) is 12.3 Å². The molecule has 0 bridgehead atoms. The fraction of sp³-hybridized carbons (Fsp3) is 0.125. The van der Waals surface area contributed by atoms with Crippen LogP contribution in [0.1, 0.15) is 10.4 Å². The van der Waals surface area contributed by atoms with Crippen LogP contribution in [0.5, 0.6) is 0 Å². The summed E-state index contributed by atoms with van der Waals surface area (Å²) in [7, 11) is -3.34. The topological polar surface area (TPSA) is 59.3 Å². The molecule has 0 radical (unpaired) electrons. The van der Waals surface area contributed by atoms with E-state index in [4.69, 9.17) is 4.42 Å². The Morgan fingerprint density at radius 2 is 1.91 bits per heavy atom. The highest BCUT2D eigenvalue weighted by atomic mass is 32.2. The molecule has 0 aliphatic rings. The molecule has 3 rings (SSSR count). The van der Waals surface area contributed by atoms with Gasteiger partial charge in [-0.25, -0.2) is 13.1 Å². The van der Waals surface area contributed by atoms with E-state index in [0.717, 1.165) is 21.8 Å². The lowest BCUT2D eigenvalue weighted by Gasteiger charge is -2.05. The van der Waals surface area contributed by atoms with E-state index >= 15 is 0 Å². The Kier molecular flexibility index (Phi) is 4.42. The maximum absolute atomic E-state index is 12.1. The lowest BCUT2D eigenvalue weighted by molar-refractivity contribution is 0.581. The smallest absolute Gasteiger partial charge is 0.216 e. The number of nitrogens with one attached hydrogen (secondary N) is 1. The van der Waals surface area contributed by atoms with E-state index in [1.807, 2.05) is 41.8 Å². The zero-order valence-corrected chi connectivity index (χ0v) is 13.4. The fourth-order valence-corrected chi connectivity index (χ4v) is 4.08. The Morgan fingerprint density at radius 3 is 2.64 bits per heavy atom. The molecule has 2 aromatic heterocycles. The molecule has 0 aliphatic heterocycles. The highest BCUT2D eigenvalue weighted by Crippen LogP contribution is 2.26. The van der Waals surface area contributed by atoms with Gasteiger partial charge in [-0.1, -0.05) is 30.3 Å². The van der Waals surface area contributed by atoms with Gasteiger partial charge in [-0.3, -0.25) is 0 Å². The zero-order valence-electron chi connectivity index (χ0n) is 11.7. The summed E-state index contributed by atoms with van der Waals surface area (Å²) in [6.07, 6.45) is 1.62. The summed E-state index contributed by atoms with van der Waals surface area (Å²) in [5.41, 5.74) is 1.74. The number of hydrogen-bond acceptors (Lipinski definition) is 4. The summed E-state index contributed by atoms with van der Waals surface area (Å²) < 4.78 is 32.1. The molecule has 4 nitrogen and oxygen atoms in total. The van der Waals surface area contributed by atoms with E-state index in [-0.39, 0.29) is 5.75 Å². The van der Waals surface area contributed by atoms with Gasteiger partial charge in [0.2, 0.25) is 10.0 Å². The average Bonchev–Trinajstić information content (AvgIpc) is 3.17. The molecular weight excluding hydrogens is 318 g/mol. The van der Waals surface area contributed by atoms with Crippen molar-refractivity contribution in [1.82, 2.24) is 4.72 Å². The van der Waals surface area contributed by atoms with Gasteiger partial charge in [-0.05, 0) is 23.8 Å². The van der Waals surface area contributed by atoms with Crippen molar-refractivity contribution in [2.75, 3.05) is 0 Å². The normalized spacial score (nSPS) is 11.6. The van der Waals surface area contributed by atoms with Crippen LogP contribution in [0.3, 0.4) is 0 Å².